The lowest BCUT2D eigenvalue weighted by Crippen LogP contribution is -2.58. The number of rotatable bonds is 20. The van der Waals surface area contributed by atoms with Gasteiger partial charge in [-0.3, -0.25) is 38.7 Å². The Kier molecular flexibility index (Phi) is 43.6. The predicted octanol–water partition coefficient (Wildman–Crippen LogP) is 15.8. The minimum Gasteiger partial charge on any atom is -0.466 e. The molecular formula is C116H181N13O10. The second-order valence-corrected chi connectivity index (χ2v) is 45.7. The van der Waals surface area contributed by atoms with Crippen LogP contribution < -0.4 is 0 Å². The van der Waals surface area contributed by atoms with Crippen molar-refractivity contribution in [1.29, 1.82) is 5.26 Å². The molecule has 3 aromatic rings. The number of ether oxygens (including phenoxy) is 2. The Bertz CT molecular complexity index is 4150. The summed E-state index contributed by atoms with van der Waals surface area (Å²) in [6.45, 7) is 52.1. The maximum atomic E-state index is 12.1. The molecule has 20 bridgehead atoms. The van der Waals surface area contributed by atoms with E-state index in [2.05, 4.69) is 115 Å². The van der Waals surface area contributed by atoms with Crippen molar-refractivity contribution >= 4 is 35.1 Å². The predicted molar refractivity (Wildman–Crippen MR) is 553 cm³/mol. The molecule has 31 heterocycles. The van der Waals surface area contributed by atoms with Gasteiger partial charge in [0, 0.05) is 135 Å². The fourth-order valence-electron chi connectivity index (χ4n) is 27.0. The molecule has 0 aromatic heterocycles. The fraction of sp³-hybridized carbons (Fsp3) is 0.776. The number of Topliss-reactive ketones (excluding diaryl/α,β-unsaturated/α-hetero) is 4. The lowest BCUT2D eigenvalue weighted by molar-refractivity contribution is -0.143. The highest BCUT2D eigenvalue weighted by atomic mass is 16.5. The average molecular weight is 1920 g/mol. The van der Waals surface area contributed by atoms with Gasteiger partial charge >= 0.3 is 11.9 Å². The van der Waals surface area contributed by atoms with E-state index in [1.165, 1.54) is 266 Å². The summed E-state index contributed by atoms with van der Waals surface area (Å²) in [5.41, 5.74) is 2.98. The number of esters is 2. The van der Waals surface area contributed by atoms with E-state index in [0.29, 0.717) is 95.6 Å². The first-order valence-corrected chi connectivity index (χ1v) is 56.5. The third kappa shape index (κ3) is 33.4. The van der Waals surface area contributed by atoms with Gasteiger partial charge in [-0.1, -0.05) is 112 Å². The van der Waals surface area contributed by atoms with Crippen molar-refractivity contribution in [3.05, 3.63) is 119 Å². The van der Waals surface area contributed by atoms with Crippen molar-refractivity contribution in [2.24, 2.45) is 65.1 Å². The average Bonchev–Trinajstić information content (AvgIpc) is 0.783. The number of unbranched alkanes of at least 4 members (excludes halogenated alkanes) is 1. The standard InChI is InChI=1S/C16H21NO.C14H17NO2.C13H23NO.C13H17N.C12H21NO.C11H21NO2.C8H12N2O.C8H12N2.C7H13NO.C7H11NO.C7H13N/c18-16(10-13-4-2-1-3-5-13)11-15-12-17-8-6-14(15)7-9-17;16-14(12-4-2-1-3-5-12)17-13-10-15-8-6-11(13)7-9-15;1-2-3-4-13(15)9-12-10-14-7-5-11(12)6-8-14;1-2-4-12(5-3-1)13-6-9-14(10-7-13)11-8-13;1-2-3-12(14)8-11-9-13-6-4-10(11)5-7-13;1-2-14-11(13)7-10-12-8-5-3-4-6-9-12;9-5-8(11)6-10-3-1-7(8)2-4-10;1-9-8-2-5-10(6-3-8)7-4-8;2*9-7-5-8-3-1-6(7)2-4-8;1-4-8-5-2-7(1)3-6-8/h1-5,14-15H,6-12H2;1-5,11,13H,6-10H2;11-12H,2-10H2,1H3;1-5H,6-11H2;10-11H,2-9H2,1H3;2-10H2,1H3;7,11H,1-4,6H2;2-7H2;6-7,9H,1-5H2;6H,1-5H2;7H,1-6H2. The zero-order chi connectivity index (χ0) is 97.2. The van der Waals surface area contributed by atoms with Crippen molar-refractivity contribution in [2.45, 2.75) is 287 Å². The SMILES string of the molecule is C1CN2CCC1CC2.CCCC(=O)CC1CN2CCC1CC2.CCCCC(=O)CC1CN2CCC1CC2.CCOC(=O)CCN1CCCCCC1.N#CC1(O)CN2CCC1CC2.O=C(Cc1ccccc1)CC1CN2CCC1CC2.O=C(OC1CN2CCC1CC2)c1ccccc1.O=C1CN2CCC1CC2.OC1CN2CCC1CC2.[C-]#[N+]C12CCN(CC1)CC2.c1ccc(C23CCN(CC2)CC3)cc1. The van der Waals surface area contributed by atoms with Crippen LogP contribution in [0.1, 0.15) is 273 Å². The summed E-state index contributed by atoms with van der Waals surface area (Å²) < 4.78 is 10.5. The van der Waals surface area contributed by atoms with Gasteiger partial charge in [-0.15, -0.1) is 0 Å². The van der Waals surface area contributed by atoms with E-state index in [1.54, 1.807) is 5.56 Å². The van der Waals surface area contributed by atoms with Gasteiger partial charge in [-0.2, -0.15) is 5.26 Å². The quantitative estimate of drug-likeness (QED) is 0.0609. The highest BCUT2D eigenvalue weighted by molar-refractivity contribution is 5.89. The molecule has 23 heteroatoms. The van der Waals surface area contributed by atoms with E-state index in [0.717, 1.165) is 198 Å². The van der Waals surface area contributed by atoms with Crippen LogP contribution in [0.3, 0.4) is 0 Å². The minimum absolute atomic E-state index is 0.00694. The third-order valence-corrected chi connectivity index (χ3v) is 36.5. The molecule has 0 radical (unpaired) electrons. The van der Waals surface area contributed by atoms with E-state index in [9.17, 15) is 39.0 Å². The molecule has 770 valence electrons. The van der Waals surface area contributed by atoms with Gasteiger partial charge in [0.25, 0.3) is 0 Å². The molecule has 6 atom stereocenters. The molecule has 2 N–H and O–H groups in total. The smallest absolute Gasteiger partial charge is 0.338 e. The van der Waals surface area contributed by atoms with Crippen LogP contribution in [0, 0.1) is 83.0 Å². The molecular weight excluding hydrogens is 1740 g/mol. The van der Waals surface area contributed by atoms with Crippen LogP contribution in [-0.2, 0) is 45.3 Å². The Balaban J connectivity index is 0.000000123. The summed E-state index contributed by atoms with van der Waals surface area (Å²) >= 11 is 0. The summed E-state index contributed by atoms with van der Waals surface area (Å²) in [4.78, 5) is 100. The van der Waals surface area contributed by atoms with Crippen molar-refractivity contribution in [1.82, 2.24) is 53.9 Å². The molecule has 23 nitrogen and oxygen atoms in total. The second kappa shape index (κ2) is 55.9. The number of aliphatic hydroxyl groups is 2. The third-order valence-electron chi connectivity index (χ3n) is 36.5. The van der Waals surface area contributed by atoms with Crippen LogP contribution in [0.2, 0.25) is 0 Å². The number of aliphatic hydroxyl groups excluding tert-OH is 1. The number of fused-ring (bicyclic) bond motifs is 30. The molecule has 31 saturated heterocycles. The highest BCUT2D eigenvalue weighted by Crippen LogP contribution is 2.44. The number of nitriles is 1. The van der Waals surface area contributed by atoms with Crippen LogP contribution in [0.25, 0.3) is 4.85 Å². The highest BCUT2D eigenvalue weighted by Gasteiger charge is 2.48. The largest absolute Gasteiger partial charge is 0.466 e. The van der Waals surface area contributed by atoms with E-state index < -0.39 is 5.60 Å². The van der Waals surface area contributed by atoms with E-state index in [4.69, 9.17) is 21.3 Å². The Morgan fingerprint density at radius 2 is 0.878 bits per heavy atom. The zero-order valence-electron chi connectivity index (χ0n) is 86.3. The summed E-state index contributed by atoms with van der Waals surface area (Å²) in [6, 6.07) is 32.5. The van der Waals surface area contributed by atoms with Crippen molar-refractivity contribution in [3.8, 4) is 6.07 Å². The summed E-state index contributed by atoms with van der Waals surface area (Å²) in [5.74, 6) is 9.21. The van der Waals surface area contributed by atoms with Crippen molar-refractivity contribution in [2.75, 3.05) is 223 Å². The van der Waals surface area contributed by atoms with Gasteiger partial charge in [0.1, 0.15) is 29.2 Å². The van der Waals surface area contributed by atoms with Crippen LogP contribution >= 0.6 is 0 Å². The molecule has 139 heavy (non-hydrogen) atoms. The number of piperidine rings is 30. The second-order valence-electron chi connectivity index (χ2n) is 45.7. The van der Waals surface area contributed by atoms with Gasteiger partial charge in [-0.25, -0.2) is 11.4 Å². The minimum atomic E-state index is -1.03. The van der Waals surface area contributed by atoms with Gasteiger partial charge in [-0.05, 0) is 387 Å². The Morgan fingerprint density at radius 1 is 0.446 bits per heavy atom. The topological polar surface area (TPSA) is 225 Å². The van der Waals surface area contributed by atoms with Crippen molar-refractivity contribution in [3.63, 3.8) is 0 Å². The maximum absolute atomic E-state index is 12.1. The Morgan fingerprint density at radius 3 is 1.23 bits per heavy atom. The number of hydrogen-bond donors (Lipinski definition) is 2. The van der Waals surface area contributed by atoms with Gasteiger partial charge in [0.15, 0.2) is 5.60 Å². The number of carbonyl (C=O) groups excluding carboxylic acids is 6. The lowest BCUT2D eigenvalue weighted by Gasteiger charge is -2.48. The zero-order valence-corrected chi connectivity index (χ0v) is 86.3. The van der Waals surface area contributed by atoms with E-state index >= 15 is 0 Å². The first-order chi connectivity index (χ1) is 67.7. The molecule has 31 fully saturated rings. The van der Waals surface area contributed by atoms with Crippen molar-refractivity contribution < 1.29 is 48.5 Å². The number of nitrogens with zero attached hydrogens (tertiary/aromatic N) is 13. The molecule has 0 saturated carbocycles. The molecule has 3 aromatic carbocycles. The van der Waals surface area contributed by atoms with Crippen LogP contribution in [0.5, 0.6) is 0 Å². The number of ketones is 4. The number of likely N-dealkylation sites (tertiary alicyclic amines) is 1. The Hall–Kier alpha value is -6.26. The monoisotopic (exact) mass is 1920 g/mol. The molecule has 0 amide bonds. The van der Waals surface area contributed by atoms with Gasteiger partial charge in [0.05, 0.1) is 37.3 Å². The summed E-state index contributed by atoms with van der Waals surface area (Å²) in [7, 11) is 0. The maximum Gasteiger partial charge on any atom is 0.338 e. The summed E-state index contributed by atoms with van der Waals surface area (Å²) in [6.07, 6.45) is 42.8. The summed E-state index contributed by atoms with van der Waals surface area (Å²) in [5, 5.41) is 27.9. The first kappa shape index (κ1) is 108. The lowest BCUT2D eigenvalue weighted by atomic mass is 9.67. The molecule has 31 aliphatic rings. The van der Waals surface area contributed by atoms with Gasteiger partial charge in [0.2, 0.25) is 5.54 Å². The van der Waals surface area contributed by atoms with E-state index in [-0.39, 0.29) is 35.6 Å². The van der Waals surface area contributed by atoms with Crippen LogP contribution in [0.4, 0.5) is 0 Å². The van der Waals surface area contributed by atoms with Gasteiger partial charge < -0.3 is 63.7 Å². The molecule has 31 aliphatic heterocycles. The first-order valence-electron chi connectivity index (χ1n) is 56.5. The normalized spacial score (nSPS) is 36.2. The van der Waals surface area contributed by atoms with E-state index in [1.807, 2.05) is 61.5 Å². The Labute approximate surface area is 837 Å². The number of carbonyl (C=O) groups is 6. The number of benzene rings is 3. The molecule has 0 aliphatic carbocycles. The van der Waals surface area contributed by atoms with Crippen LogP contribution in [-0.4, -0.2) is 345 Å². The molecule has 34 rings (SSSR count). The number of hydrogen-bond acceptors (Lipinski definition) is 22. The van der Waals surface area contributed by atoms with Crippen LogP contribution in [0.15, 0.2) is 91.0 Å². The fourth-order valence-corrected chi connectivity index (χ4v) is 27.0. The molecule has 6 unspecified atom stereocenters. The molecule has 0 spiro atoms.